The number of rotatable bonds is 5. The number of hydrogen-bond donors (Lipinski definition) is 0. The lowest BCUT2D eigenvalue weighted by molar-refractivity contribution is 0.141. The number of hydrogen-bond acceptors (Lipinski definition) is 8. The highest BCUT2D eigenvalue weighted by Gasteiger charge is 2.31. The Balaban J connectivity index is 1.47. The highest BCUT2D eigenvalue weighted by atomic mass is 32.2. The second-order valence-electron chi connectivity index (χ2n) is 7.19. The van der Waals surface area contributed by atoms with Gasteiger partial charge in [0.15, 0.2) is 5.65 Å². The molecule has 1 aliphatic heterocycles. The third-order valence-corrected chi connectivity index (χ3v) is 7.33. The van der Waals surface area contributed by atoms with Crippen LogP contribution in [0.15, 0.2) is 41.6 Å². The molecule has 0 radical (unpaired) electrons. The third-order valence-electron chi connectivity index (χ3n) is 5.42. The van der Waals surface area contributed by atoms with Crippen LogP contribution < -0.4 is 4.74 Å². The number of methoxy groups -OCH3 is 1. The van der Waals surface area contributed by atoms with Crippen LogP contribution >= 0.6 is 0 Å². The third kappa shape index (κ3) is 3.85. The van der Waals surface area contributed by atoms with Crippen LogP contribution in [0.3, 0.4) is 0 Å². The molecule has 4 rings (SSSR count). The minimum Gasteiger partial charge on any atom is -0.497 e. The molecule has 0 aliphatic carbocycles. The van der Waals surface area contributed by atoms with Crippen molar-refractivity contribution in [3.05, 3.63) is 48.2 Å². The van der Waals surface area contributed by atoms with Gasteiger partial charge in [0.25, 0.3) is 0 Å². The molecule has 1 aliphatic rings. The molecule has 0 N–H and O–H groups in total. The molecule has 1 fully saturated rings. The van der Waals surface area contributed by atoms with Gasteiger partial charge in [-0.05, 0) is 38.1 Å². The molecule has 9 nitrogen and oxygen atoms in total. The number of aryl methyl sites for hydroxylation is 1. The number of nitrogens with zero attached hydrogens (tertiary/aromatic N) is 6. The molecule has 0 saturated carbocycles. The summed E-state index contributed by atoms with van der Waals surface area (Å²) in [6, 6.07) is 6.42. The van der Waals surface area contributed by atoms with Crippen molar-refractivity contribution >= 4 is 21.2 Å². The van der Waals surface area contributed by atoms with E-state index in [0.717, 1.165) is 5.69 Å². The first-order chi connectivity index (χ1) is 14.4. The van der Waals surface area contributed by atoms with Gasteiger partial charge in [0.2, 0.25) is 10.0 Å². The zero-order chi connectivity index (χ0) is 21.3. The van der Waals surface area contributed by atoms with Crippen molar-refractivity contribution in [1.82, 2.24) is 29.1 Å². The lowest BCUT2D eigenvalue weighted by atomic mass is 10.2. The Morgan fingerprint density at radius 2 is 1.67 bits per heavy atom. The Hall–Kier alpha value is -2.69. The summed E-state index contributed by atoms with van der Waals surface area (Å²) < 4.78 is 32.5. The van der Waals surface area contributed by atoms with Gasteiger partial charge in [0, 0.05) is 38.6 Å². The van der Waals surface area contributed by atoms with E-state index >= 15 is 0 Å². The predicted octanol–water partition coefficient (Wildman–Crippen LogP) is 1.80. The monoisotopic (exact) mass is 428 g/mol. The Kier molecular flexibility index (Phi) is 5.63. The Morgan fingerprint density at radius 3 is 2.33 bits per heavy atom. The van der Waals surface area contributed by atoms with Crippen LogP contribution in [0.25, 0.3) is 11.2 Å². The number of benzene rings is 1. The Morgan fingerprint density at radius 1 is 1.00 bits per heavy atom. The van der Waals surface area contributed by atoms with Gasteiger partial charge < -0.3 is 4.74 Å². The first-order valence-corrected chi connectivity index (χ1v) is 11.2. The van der Waals surface area contributed by atoms with Crippen LogP contribution in [0.1, 0.15) is 24.5 Å². The predicted molar refractivity (Wildman–Crippen MR) is 112 cm³/mol. The van der Waals surface area contributed by atoms with Crippen LogP contribution in [-0.4, -0.2) is 70.8 Å². The molecule has 1 unspecified atom stereocenters. The minimum absolute atomic E-state index is 0.0547. The number of sulfonamides is 1. The van der Waals surface area contributed by atoms with Crippen LogP contribution in [0, 0.1) is 6.92 Å². The van der Waals surface area contributed by atoms with Gasteiger partial charge in [-0.3, -0.25) is 4.90 Å². The van der Waals surface area contributed by atoms with E-state index in [1.165, 1.54) is 4.31 Å². The maximum absolute atomic E-state index is 13.0. The first kappa shape index (κ1) is 20.6. The number of aromatic nitrogens is 4. The fraction of sp³-hybridized carbons (Fsp3) is 0.400. The van der Waals surface area contributed by atoms with Crippen LogP contribution in [0.4, 0.5) is 0 Å². The van der Waals surface area contributed by atoms with E-state index < -0.39 is 10.0 Å². The SMILES string of the molecule is COc1ccc(S(=O)(=O)N2CCN(C(C)c3nc(C)c4nccnc4n3)CC2)cc1. The summed E-state index contributed by atoms with van der Waals surface area (Å²) in [5.41, 5.74) is 2.06. The fourth-order valence-electron chi connectivity index (χ4n) is 3.60. The zero-order valence-corrected chi connectivity index (χ0v) is 18.0. The zero-order valence-electron chi connectivity index (χ0n) is 17.2. The average Bonchev–Trinajstić information content (AvgIpc) is 2.78. The molecule has 0 spiro atoms. The average molecular weight is 429 g/mol. The van der Waals surface area contributed by atoms with Crippen molar-refractivity contribution in [2.75, 3.05) is 33.3 Å². The van der Waals surface area contributed by atoms with Gasteiger partial charge in [-0.2, -0.15) is 4.31 Å². The van der Waals surface area contributed by atoms with E-state index in [2.05, 4.69) is 24.8 Å². The molecule has 3 aromatic rings. The van der Waals surface area contributed by atoms with Crippen molar-refractivity contribution in [2.24, 2.45) is 0 Å². The molecular weight excluding hydrogens is 404 g/mol. The van der Waals surface area contributed by atoms with Gasteiger partial charge in [0.05, 0.1) is 23.7 Å². The van der Waals surface area contributed by atoms with E-state index in [4.69, 9.17) is 4.74 Å². The van der Waals surface area contributed by atoms with E-state index in [9.17, 15) is 8.42 Å². The molecule has 158 valence electrons. The second kappa shape index (κ2) is 8.21. The normalized spacial score (nSPS) is 17.2. The van der Waals surface area contributed by atoms with Gasteiger partial charge in [-0.25, -0.2) is 28.4 Å². The quantitative estimate of drug-likeness (QED) is 0.606. The lowest BCUT2D eigenvalue weighted by Gasteiger charge is -2.36. The maximum Gasteiger partial charge on any atom is 0.243 e. The summed E-state index contributed by atoms with van der Waals surface area (Å²) in [4.78, 5) is 20.2. The summed E-state index contributed by atoms with van der Waals surface area (Å²) in [7, 11) is -1.98. The van der Waals surface area contributed by atoms with E-state index in [1.54, 1.807) is 43.8 Å². The molecule has 0 amide bonds. The number of ether oxygens (including phenoxy) is 1. The molecule has 0 bridgehead atoms. The van der Waals surface area contributed by atoms with Crippen molar-refractivity contribution in [3.8, 4) is 5.75 Å². The van der Waals surface area contributed by atoms with E-state index in [0.29, 0.717) is 48.9 Å². The largest absolute Gasteiger partial charge is 0.497 e. The van der Waals surface area contributed by atoms with Gasteiger partial charge in [0.1, 0.15) is 17.1 Å². The molecule has 10 heteroatoms. The molecular formula is C20H24N6O3S. The van der Waals surface area contributed by atoms with Gasteiger partial charge in [-0.1, -0.05) is 0 Å². The molecule has 30 heavy (non-hydrogen) atoms. The summed E-state index contributed by atoms with van der Waals surface area (Å²) in [6.07, 6.45) is 3.25. The summed E-state index contributed by atoms with van der Waals surface area (Å²) >= 11 is 0. The van der Waals surface area contributed by atoms with Gasteiger partial charge in [-0.15, -0.1) is 0 Å². The fourth-order valence-corrected chi connectivity index (χ4v) is 5.03. The lowest BCUT2D eigenvalue weighted by Crippen LogP contribution is -2.49. The second-order valence-corrected chi connectivity index (χ2v) is 9.13. The van der Waals surface area contributed by atoms with Crippen LogP contribution in [-0.2, 0) is 10.0 Å². The van der Waals surface area contributed by atoms with Gasteiger partial charge >= 0.3 is 0 Å². The summed E-state index contributed by atoms with van der Waals surface area (Å²) in [6.45, 7) is 5.93. The molecule has 1 aromatic carbocycles. The minimum atomic E-state index is -3.53. The Labute approximate surface area is 175 Å². The summed E-state index contributed by atoms with van der Waals surface area (Å²) in [5, 5.41) is 0. The smallest absolute Gasteiger partial charge is 0.243 e. The number of fused-ring (bicyclic) bond motifs is 1. The van der Waals surface area contributed by atoms with Crippen molar-refractivity contribution in [1.29, 1.82) is 0 Å². The number of piperazine rings is 1. The van der Waals surface area contributed by atoms with Crippen LogP contribution in [0.5, 0.6) is 5.75 Å². The summed E-state index contributed by atoms with van der Waals surface area (Å²) in [5.74, 6) is 1.30. The van der Waals surface area contributed by atoms with E-state index in [1.807, 2.05) is 13.8 Å². The standard InChI is InChI=1S/C20H24N6O3S/c1-14-18-20(22-9-8-21-18)24-19(23-14)15(2)25-10-12-26(13-11-25)30(27,28)17-6-4-16(29-3)5-7-17/h4-9,15H,10-13H2,1-3H3. The van der Waals surface area contributed by atoms with Crippen LogP contribution in [0.2, 0.25) is 0 Å². The topological polar surface area (TPSA) is 101 Å². The molecule has 3 heterocycles. The Bertz CT molecular complexity index is 1140. The van der Waals surface area contributed by atoms with E-state index in [-0.39, 0.29) is 10.9 Å². The first-order valence-electron chi connectivity index (χ1n) is 9.73. The van der Waals surface area contributed by atoms with Crippen molar-refractivity contribution < 1.29 is 13.2 Å². The molecule has 1 saturated heterocycles. The molecule has 2 aromatic heterocycles. The van der Waals surface area contributed by atoms with Crippen molar-refractivity contribution in [3.63, 3.8) is 0 Å². The van der Waals surface area contributed by atoms with Crippen molar-refractivity contribution in [2.45, 2.75) is 24.8 Å². The maximum atomic E-state index is 13.0. The highest BCUT2D eigenvalue weighted by molar-refractivity contribution is 7.89. The molecule has 1 atom stereocenters. The highest BCUT2D eigenvalue weighted by Crippen LogP contribution is 2.24.